The number of hydrogen-bond acceptors (Lipinski definition) is 3. The lowest BCUT2D eigenvalue weighted by Gasteiger charge is -2.18. The molecule has 2 aromatic heterocycles. The summed E-state index contributed by atoms with van der Waals surface area (Å²) in [5, 5.41) is 4.25. The lowest BCUT2D eigenvalue weighted by molar-refractivity contribution is -0.0915. The lowest BCUT2D eigenvalue weighted by Crippen LogP contribution is -2.24. The molecule has 0 unspecified atom stereocenters. The molecule has 4 nitrogen and oxygen atoms in total. The van der Waals surface area contributed by atoms with Crippen molar-refractivity contribution in [2.75, 3.05) is 0 Å². The molecule has 0 aromatic carbocycles. The first-order valence-corrected chi connectivity index (χ1v) is 5.85. The third kappa shape index (κ3) is 2.07. The van der Waals surface area contributed by atoms with Gasteiger partial charge in [0.2, 0.25) is 0 Å². The molecule has 2 rings (SSSR count). The monoisotopic (exact) mass is 254 g/mol. The van der Waals surface area contributed by atoms with E-state index in [-0.39, 0.29) is 17.5 Å². The number of halogens is 2. The van der Waals surface area contributed by atoms with Gasteiger partial charge in [-0.15, -0.1) is 0 Å². The standard InChI is InChI=1S/C12H16F2N4/c1-5-12(13,14)18-9-8(7-16-18)6-15-10(17-9)11(2,3)4/h6-7H,5H2,1-4H3. The first-order chi connectivity index (χ1) is 8.25. The largest absolute Gasteiger partial charge is 0.345 e. The molecule has 0 radical (unpaired) electrons. The average Bonchev–Trinajstić information content (AvgIpc) is 2.71. The number of hydrogen-bond donors (Lipinski definition) is 0. The van der Waals surface area contributed by atoms with E-state index in [1.165, 1.54) is 19.3 Å². The number of rotatable bonds is 2. The Morgan fingerprint density at radius 3 is 2.44 bits per heavy atom. The first kappa shape index (κ1) is 12.9. The molecule has 0 saturated carbocycles. The van der Waals surface area contributed by atoms with Gasteiger partial charge in [0.1, 0.15) is 5.82 Å². The van der Waals surface area contributed by atoms with Crippen LogP contribution in [0.4, 0.5) is 8.78 Å². The van der Waals surface area contributed by atoms with Crippen LogP contribution in [0.5, 0.6) is 0 Å². The fraction of sp³-hybridized carbons (Fsp3) is 0.583. The van der Waals surface area contributed by atoms with E-state index in [0.717, 1.165) is 0 Å². The molecule has 0 bridgehead atoms. The van der Waals surface area contributed by atoms with E-state index in [1.807, 2.05) is 20.8 Å². The second-order valence-electron chi connectivity index (χ2n) is 5.30. The van der Waals surface area contributed by atoms with E-state index in [9.17, 15) is 8.78 Å². The fourth-order valence-electron chi connectivity index (χ4n) is 1.57. The highest BCUT2D eigenvalue weighted by molar-refractivity contribution is 5.73. The minimum Gasteiger partial charge on any atom is -0.240 e. The van der Waals surface area contributed by atoms with Crippen LogP contribution >= 0.6 is 0 Å². The minimum absolute atomic E-state index is 0.182. The summed E-state index contributed by atoms with van der Waals surface area (Å²) in [5.41, 5.74) is -0.105. The molecule has 0 N–H and O–H groups in total. The van der Waals surface area contributed by atoms with Crippen LogP contribution in [0.15, 0.2) is 12.4 Å². The quantitative estimate of drug-likeness (QED) is 0.827. The number of aromatic nitrogens is 4. The summed E-state index contributed by atoms with van der Waals surface area (Å²) in [7, 11) is 0. The van der Waals surface area contributed by atoms with Gasteiger partial charge in [0, 0.05) is 18.0 Å². The van der Waals surface area contributed by atoms with E-state index in [1.54, 1.807) is 0 Å². The predicted octanol–water partition coefficient (Wildman–Crippen LogP) is 3.08. The molecule has 0 fully saturated rings. The van der Waals surface area contributed by atoms with E-state index in [0.29, 0.717) is 15.9 Å². The molecular formula is C12H16F2N4. The van der Waals surface area contributed by atoms with Gasteiger partial charge in [-0.1, -0.05) is 27.7 Å². The zero-order valence-corrected chi connectivity index (χ0v) is 10.9. The Labute approximate surface area is 104 Å². The molecule has 2 aromatic rings. The van der Waals surface area contributed by atoms with Gasteiger partial charge in [-0.05, 0) is 0 Å². The van der Waals surface area contributed by atoms with E-state index >= 15 is 0 Å². The highest BCUT2D eigenvalue weighted by Gasteiger charge is 2.32. The molecule has 18 heavy (non-hydrogen) atoms. The van der Waals surface area contributed by atoms with Gasteiger partial charge in [0.05, 0.1) is 11.6 Å². The molecular weight excluding hydrogens is 238 g/mol. The van der Waals surface area contributed by atoms with Crippen LogP contribution in [0.1, 0.15) is 39.9 Å². The van der Waals surface area contributed by atoms with E-state index < -0.39 is 6.05 Å². The van der Waals surface area contributed by atoms with Crippen molar-refractivity contribution in [3.63, 3.8) is 0 Å². The van der Waals surface area contributed by atoms with Crippen LogP contribution in [0.3, 0.4) is 0 Å². The van der Waals surface area contributed by atoms with Gasteiger partial charge < -0.3 is 0 Å². The van der Waals surface area contributed by atoms with Crippen molar-refractivity contribution in [3.8, 4) is 0 Å². The Morgan fingerprint density at radius 1 is 1.22 bits per heavy atom. The van der Waals surface area contributed by atoms with Gasteiger partial charge in [-0.3, -0.25) is 0 Å². The zero-order valence-electron chi connectivity index (χ0n) is 10.9. The van der Waals surface area contributed by atoms with Gasteiger partial charge in [-0.2, -0.15) is 18.6 Å². The maximum Gasteiger partial charge on any atom is 0.345 e. The van der Waals surface area contributed by atoms with Crippen molar-refractivity contribution in [1.82, 2.24) is 19.7 Å². The maximum atomic E-state index is 13.7. The Hall–Kier alpha value is -1.59. The summed E-state index contributed by atoms with van der Waals surface area (Å²) in [6, 6.07) is -3.02. The summed E-state index contributed by atoms with van der Waals surface area (Å²) in [6.45, 7) is 7.23. The van der Waals surface area contributed by atoms with Crippen molar-refractivity contribution in [1.29, 1.82) is 0 Å². The summed E-state index contributed by atoms with van der Waals surface area (Å²) in [4.78, 5) is 8.42. The number of nitrogens with zero attached hydrogens (tertiary/aromatic N) is 4. The van der Waals surface area contributed by atoms with E-state index in [2.05, 4.69) is 15.1 Å². The molecule has 98 valence electrons. The van der Waals surface area contributed by atoms with Gasteiger partial charge in [0.25, 0.3) is 0 Å². The topological polar surface area (TPSA) is 43.6 Å². The number of alkyl halides is 2. The lowest BCUT2D eigenvalue weighted by atomic mass is 9.96. The molecule has 0 atom stereocenters. The minimum atomic E-state index is -3.02. The van der Waals surface area contributed by atoms with Crippen LogP contribution in [0.25, 0.3) is 11.0 Å². The van der Waals surface area contributed by atoms with Gasteiger partial charge in [0.15, 0.2) is 5.65 Å². The predicted molar refractivity (Wildman–Crippen MR) is 64.5 cm³/mol. The molecule has 6 heteroatoms. The van der Waals surface area contributed by atoms with Crippen molar-refractivity contribution in [2.24, 2.45) is 0 Å². The summed E-state index contributed by atoms with van der Waals surface area (Å²) < 4.78 is 28.1. The Morgan fingerprint density at radius 2 is 1.89 bits per heavy atom. The SMILES string of the molecule is CCC(F)(F)n1ncc2cnc(C(C)(C)C)nc21. The number of fused-ring (bicyclic) bond motifs is 1. The average molecular weight is 254 g/mol. The van der Waals surface area contributed by atoms with Crippen LogP contribution in [-0.4, -0.2) is 19.7 Å². The van der Waals surface area contributed by atoms with Crippen LogP contribution in [0, 0.1) is 0 Å². The maximum absolute atomic E-state index is 13.7. The third-order valence-electron chi connectivity index (χ3n) is 2.71. The third-order valence-corrected chi connectivity index (χ3v) is 2.71. The second-order valence-corrected chi connectivity index (χ2v) is 5.30. The second kappa shape index (κ2) is 3.96. The summed E-state index contributed by atoms with van der Waals surface area (Å²) in [6.07, 6.45) is 2.59. The van der Waals surface area contributed by atoms with Crippen LogP contribution in [-0.2, 0) is 11.5 Å². The van der Waals surface area contributed by atoms with Crippen molar-refractivity contribution in [2.45, 2.75) is 45.6 Å². The van der Waals surface area contributed by atoms with E-state index in [4.69, 9.17) is 0 Å². The van der Waals surface area contributed by atoms with Crippen molar-refractivity contribution in [3.05, 3.63) is 18.2 Å². The summed E-state index contributed by atoms with van der Waals surface area (Å²) >= 11 is 0. The van der Waals surface area contributed by atoms with Gasteiger partial charge in [-0.25, -0.2) is 9.97 Å². The molecule has 0 saturated heterocycles. The Kier molecular flexibility index (Phi) is 2.83. The molecule has 2 heterocycles. The summed E-state index contributed by atoms with van der Waals surface area (Å²) in [5.74, 6) is 0.531. The zero-order chi connectivity index (χ0) is 13.6. The Bertz CT molecular complexity index is 569. The van der Waals surface area contributed by atoms with Crippen LogP contribution in [0.2, 0.25) is 0 Å². The highest BCUT2D eigenvalue weighted by atomic mass is 19.3. The smallest absolute Gasteiger partial charge is 0.240 e. The normalized spacial score (nSPS) is 13.2. The fourth-order valence-corrected chi connectivity index (χ4v) is 1.57. The van der Waals surface area contributed by atoms with Crippen molar-refractivity contribution < 1.29 is 8.78 Å². The van der Waals surface area contributed by atoms with Crippen LogP contribution < -0.4 is 0 Å². The molecule has 0 aliphatic rings. The highest BCUT2D eigenvalue weighted by Crippen LogP contribution is 2.28. The molecule has 0 amide bonds. The molecule has 0 aliphatic carbocycles. The van der Waals surface area contributed by atoms with Gasteiger partial charge >= 0.3 is 6.05 Å². The molecule has 0 aliphatic heterocycles. The first-order valence-electron chi connectivity index (χ1n) is 5.85. The van der Waals surface area contributed by atoms with Crippen molar-refractivity contribution >= 4 is 11.0 Å². The molecule has 0 spiro atoms. The Balaban J connectivity index is 2.64.